The number of halogens is 1. The number of carbonyl (C=O) groups excluding carboxylic acids is 5. The first kappa shape index (κ1) is 36.2. The third-order valence-electron chi connectivity index (χ3n) is 12.9. The molecule has 0 bridgehead atoms. The number of piperidine rings is 2. The molecule has 1 N–H and O–H groups in total. The number of carbonyl (C=O) groups is 5. The number of hydrogen-bond donors (Lipinski definition) is 1. The maximum absolute atomic E-state index is 13.5. The van der Waals surface area contributed by atoms with Gasteiger partial charge in [0.15, 0.2) is 0 Å². The highest BCUT2D eigenvalue weighted by atomic mass is 35.5. The summed E-state index contributed by atoms with van der Waals surface area (Å²) in [5, 5.41) is 12.0. The monoisotopic (exact) mass is 774 g/mol. The Morgan fingerprint density at radius 2 is 1.39 bits per heavy atom. The molecule has 0 aliphatic carbocycles. The van der Waals surface area contributed by atoms with Crippen LogP contribution in [0.1, 0.15) is 68.7 Å². The van der Waals surface area contributed by atoms with Crippen LogP contribution in [-0.4, -0.2) is 122 Å². The number of nitrogens with one attached hydrogen (secondary N) is 1. The fraction of sp³-hybridized carbons (Fsp3) is 0.429. The molecule has 6 aliphatic rings. The highest BCUT2D eigenvalue weighted by Crippen LogP contribution is 2.43. The summed E-state index contributed by atoms with van der Waals surface area (Å²) in [6.07, 6.45) is 3.57. The van der Waals surface area contributed by atoms with E-state index in [-0.39, 0.29) is 35.3 Å². The predicted molar refractivity (Wildman–Crippen MR) is 210 cm³/mol. The van der Waals surface area contributed by atoms with Crippen molar-refractivity contribution in [3.8, 4) is 6.07 Å². The maximum Gasteiger partial charge on any atom is 0.262 e. The third-order valence-corrected chi connectivity index (χ3v) is 13.3. The Morgan fingerprint density at radius 3 is 2.07 bits per heavy atom. The van der Waals surface area contributed by atoms with Gasteiger partial charge in [0.05, 0.1) is 21.7 Å². The molecule has 5 amide bonds. The summed E-state index contributed by atoms with van der Waals surface area (Å²) in [4.78, 5) is 76.3. The summed E-state index contributed by atoms with van der Waals surface area (Å²) >= 11 is 6.32. The fourth-order valence-corrected chi connectivity index (χ4v) is 9.65. The number of imide groups is 2. The minimum Gasteiger partial charge on any atom is -0.371 e. The van der Waals surface area contributed by atoms with Crippen molar-refractivity contribution in [3.05, 3.63) is 87.9 Å². The van der Waals surface area contributed by atoms with Gasteiger partial charge in [-0.05, 0) is 91.8 Å². The number of rotatable bonds is 6. The molecule has 56 heavy (non-hydrogen) atoms. The van der Waals surface area contributed by atoms with E-state index in [2.05, 4.69) is 43.1 Å². The van der Waals surface area contributed by atoms with Gasteiger partial charge in [0, 0.05) is 101 Å². The lowest BCUT2D eigenvalue weighted by Gasteiger charge is -2.49. The Bertz CT molecular complexity index is 2170. The molecule has 14 heteroatoms. The topological polar surface area (TPSA) is 141 Å². The van der Waals surface area contributed by atoms with Crippen LogP contribution in [0.15, 0.2) is 60.7 Å². The molecule has 13 nitrogen and oxygen atoms in total. The van der Waals surface area contributed by atoms with E-state index in [1.54, 1.807) is 18.2 Å². The van der Waals surface area contributed by atoms with Gasteiger partial charge < -0.3 is 19.6 Å². The second kappa shape index (κ2) is 14.2. The second-order valence-electron chi connectivity index (χ2n) is 16.0. The normalized spacial score (nSPS) is 22.7. The van der Waals surface area contributed by atoms with E-state index in [4.69, 9.17) is 11.6 Å². The molecule has 5 fully saturated rings. The van der Waals surface area contributed by atoms with Crippen LogP contribution < -0.4 is 20.0 Å². The predicted octanol–water partition coefficient (Wildman–Crippen LogP) is 3.76. The van der Waals surface area contributed by atoms with Crippen LogP contribution in [0.25, 0.3) is 0 Å². The average molecular weight is 775 g/mol. The number of nitrogens with zero attached hydrogens (tertiary/aromatic N) is 7. The molecule has 3 aromatic rings. The third kappa shape index (κ3) is 6.44. The SMILES string of the molecule is N#Cc1ccc(N2CCC3(CCN(c4ccc(C(=O)N5CCN(C6CN(c7ccc8c(c7)C(=O)N(C7CCC(=O)NC7=O)C8=O)C6)CC5)cc4)CC3)C2)cc1Cl. The van der Waals surface area contributed by atoms with Crippen LogP contribution in [0.4, 0.5) is 17.1 Å². The average Bonchev–Trinajstić information content (AvgIpc) is 3.71. The van der Waals surface area contributed by atoms with E-state index in [1.807, 2.05) is 35.2 Å². The number of nitriles is 1. The second-order valence-corrected chi connectivity index (χ2v) is 16.5. The first-order chi connectivity index (χ1) is 27.1. The van der Waals surface area contributed by atoms with Gasteiger partial charge in [-0.25, -0.2) is 0 Å². The van der Waals surface area contributed by atoms with Gasteiger partial charge in [0.1, 0.15) is 12.1 Å². The Labute approximate surface area is 330 Å². The van der Waals surface area contributed by atoms with Gasteiger partial charge in [-0.15, -0.1) is 0 Å². The van der Waals surface area contributed by atoms with E-state index in [0.717, 1.165) is 93.6 Å². The molecule has 0 saturated carbocycles. The zero-order valence-electron chi connectivity index (χ0n) is 31.1. The van der Waals surface area contributed by atoms with Crippen molar-refractivity contribution in [2.75, 3.05) is 80.1 Å². The summed E-state index contributed by atoms with van der Waals surface area (Å²) in [6.45, 7) is 8.36. The lowest BCUT2D eigenvalue weighted by atomic mass is 9.77. The van der Waals surface area contributed by atoms with Crippen molar-refractivity contribution in [1.29, 1.82) is 5.26 Å². The van der Waals surface area contributed by atoms with E-state index in [0.29, 0.717) is 35.3 Å². The van der Waals surface area contributed by atoms with E-state index >= 15 is 0 Å². The van der Waals surface area contributed by atoms with Crippen LogP contribution >= 0.6 is 11.6 Å². The number of amides is 5. The minimum atomic E-state index is -0.982. The number of hydrogen-bond acceptors (Lipinski definition) is 10. The molecule has 0 radical (unpaired) electrons. The van der Waals surface area contributed by atoms with Gasteiger partial charge >= 0.3 is 0 Å². The van der Waals surface area contributed by atoms with Gasteiger partial charge in [-0.3, -0.25) is 39.1 Å². The number of fused-ring (bicyclic) bond motifs is 1. The van der Waals surface area contributed by atoms with Crippen molar-refractivity contribution in [3.63, 3.8) is 0 Å². The van der Waals surface area contributed by atoms with Gasteiger partial charge in [0.2, 0.25) is 11.8 Å². The highest BCUT2D eigenvalue weighted by molar-refractivity contribution is 6.32. The number of anilines is 3. The number of benzene rings is 3. The van der Waals surface area contributed by atoms with Crippen LogP contribution in [0.2, 0.25) is 5.02 Å². The quantitative estimate of drug-likeness (QED) is 0.369. The maximum atomic E-state index is 13.5. The fourth-order valence-electron chi connectivity index (χ4n) is 9.43. The van der Waals surface area contributed by atoms with E-state index in [1.165, 1.54) is 0 Å². The highest BCUT2D eigenvalue weighted by Gasteiger charge is 2.45. The molecule has 1 atom stereocenters. The van der Waals surface area contributed by atoms with E-state index in [9.17, 15) is 29.2 Å². The van der Waals surface area contributed by atoms with Crippen molar-refractivity contribution in [2.24, 2.45) is 5.41 Å². The first-order valence-electron chi connectivity index (χ1n) is 19.5. The van der Waals surface area contributed by atoms with Gasteiger partial charge in [-0.1, -0.05) is 11.6 Å². The molecule has 9 rings (SSSR count). The molecule has 0 aromatic heterocycles. The summed E-state index contributed by atoms with van der Waals surface area (Å²) in [5.74, 6) is -1.96. The van der Waals surface area contributed by atoms with Crippen molar-refractivity contribution in [2.45, 2.75) is 44.2 Å². The molecule has 1 unspecified atom stereocenters. The molecule has 5 saturated heterocycles. The lowest BCUT2D eigenvalue weighted by Crippen LogP contribution is -2.63. The largest absolute Gasteiger partial charge is 0.371 e. The molecule has 3 aromatic carbocycles. The Balaban J connectivity index is 0.736. The smallest absolute Gasteiger partial charge is 0.262 e. The summed E-state index contributed by atoms with van der Waals surface area (Å²) < 4.78 is 0. The van der Waals surface area contributed by atoms with Gasteiger partial charge in [0.25, 0.3) is 17.7 Å². The summed E-state index contributed by atoms with van der Waals surface area (Å²) in [5.41, 5.74) is 5.14. The van der Waals surface area contributed by atoms with E-state index < -0.39 is 29.7 Å². The Hall–Kier alpha value is -5.45. The number of piperazine rings is 1. The van der Waals surface area contributed by atoms with Crippen molar-refractivity contribution < 1.29 is 24.0 Å². The van der Waals surface area contributed by atoms with Crippen LogP contribution in [0.3, 0.4) is 0 Å². The summed E-state index contributed by atoms with van der Waals surface area (Å²) in [7, 11) is 0. The lowest BCUT2D eigenvalue weighted by molar-refractivity contribution is -0.136. The van der Waals surface area contributed by atoms with Crippen LogP contribution in [0, 0.1) is 16.7 Å². The van der Waals surface area contributed by atoms with Crippen LogP contribution in [-0.2, 0) is 9.59 Å². The molecule has 288 valence electrons. The molecular formula is C42H43ClN8O5. The van der Waals surface area contributed by atoms with Crippen LogP contribution in [0.5, 0.6) is 0 Å². The first-order valence-corrected chi connectivity index (χ1v) is 19.9. The Morgan fingerprint density at radius 1 is 0.750 bits per heavy atom. The standard InChI is InChI=1S/C42H43ClN8O5/c43-35-22-31(6-3-28(35)23-44)49-16-13-42(26-49)11-14-46(15-12-42)29-4-1-27(2-5-29)39(54)48-19-17-47(18-20-48)32-24-50(25-32)30-7-8-33-34(21-30)41(56)51(40(33)55)36-9-10-37(52)45-38(36)53/h1-8,21-22,32,36H,9-20,24-26H2,(H,45,52,53). The zero-order chi connectivity index (χ0) is 38.7. The molecular weight excluding hydrogens is 732 g/mol. The summed E-state index contributed by atoms with van der Waals surface area (Å²) in [6, 6.07) is 20.5. The van der Waals surface area contributed by atoms with Gasteiger partial charge in [-0.2, -0.15) is 5.26 Å². The zero-order valence-corrected chi connectivity index (χ0v) is 31.8. The van der Waals surface area contributed by atoms with Crippen molar-refractivity contribution >= 4 is 58.2 Å². The molecule has 1 spiro atoms. The minimum absolute atomic E-state index is 0.0571. The van der Waals surface area contributed by atoms with Crippen molar-refractivity contribution in [1.82, 2.24) is 20.0 Å². The molecule has 6 heterocycles. The Kier molecular flexibility index (Phi) is 9.21. The molecule has 6 aliphatic heterocycles.